The van der Waals surface area contributed by atoms with Crippen molar-refractivity contribution in [2.24, 2.45) is 0 Å². The molecule has 0 spiro atoms. The van der Waals surface area contributed by atoms with Gasteiger partial charge in [-0.2, -0.15) is 0 Å². The molecule has 1 aromatic carbocycles. The van der Waals surface area contributed by atoms with E-state index in [1.54, 1.807) is 0 Å². The van der Waals surface area contributed by atoms with Gasteiger partial charge in [0.2, 0.25) is 0 Å². The predicted octanol–water partition coefficient (Wildman–Crippen LogP) is 5.29. The highest BCUT2D eigenvalue weighted by molar-refractivity contribution is 5.21. The standard InChI is InChI=1S/C21H36O4/c1-4-7-8-9-10-11-15-18-20(21(22,23-5-2)24-6-3)25-19-16-13-12-14-17-19/h12-14,16-17,20,22H,4-11,15,18H2,1-3H3. The van der Waals surface area contributed by atoms with Gasteiger partial charge < -0.3 is 19.3 Å². The highest BCUT2D eigenvalue weighted by atomic mass is 16.8. The van der Waals surface area contributed by atoms with Gasteiger partial charge in [0.25, 0.3) is 0 Å². The van der Waals surface area contributed by atoms with Crippen LogP contribution in [0.1, 0.15) is 72.1 Å². The Labute approximate surface area is 153 Å². The Morgan fingerprint density at radius 2 is 1.40 bits per heavy atom. The highest BCUT2D eigenvalue weighted by Crippen LogP contribution is 2.26. The van der Waals surface area contributed by atoms with E-state index in [2.05, 4.69) is 6.92 Å². The van der Waals surface area contributed by atoms with E-state index < -0.39 is 12.1 Å². The van der Waals surface area contributed by atoms with Crippen LogP contribution in [0.4, 0.5) is 0 Å². The van der Waals surface area contributed by atoms with Crippen LogP contribution in [0.2, 0.25) is 0 Å². The zero-order valence-electron chi connectivity index (χ0n) is 16.2. The first kappa shape index (κ1) is 21.9. The normalized spacial score (nSPS) is 13.0. The van der Waals surface area contributed by atoms with E-state index in [4.69, 9.17) is 14.2 Å². The molecule has 144 valence electrons. The van der Waals surface area contributed by atoms with Crippen LogP contribution < -0.4 is 4.74 Å². The molecule has 0 aromatic heterocycles. The SMILES string of the molecule is CCCCCCCCCC(Oc1ccccc1)C(O)(OCC)OCC. The summed E-state index contributed by atoms with van der Waals surface area (Å²) in [5.41, 5.74) is 0. The summed E-state index contributed by atoms with van der Waals surface area (Å²) in [4.78, 5) is 0. The van der Waals surface area contributed by atoms with E-state index in [9.17, 15) is 5.11 Å². The van der Waals surface area contributed by atoms with Gasteiger partial charge in [-0.05, 0) is 38.8 Å². The van der Waals surface area contributed by atoms with Crippen LogP contribution in [0.5, 0.6) is 5.75 Å². The topological polar surface area (TPSA) is 47.9 Å². The minimum Gasteiger partial charge on any atom is -0.482 e. The lowest BCUT2D eigenvalue weighted by Crippen LogP contribution is -2.50. The van der Waals surface area contributed by atoms with Crippen molar-refractivity contribution < 1.29 is 19.3 Å². The van der Waals surface area contributed by atoms with Crippen LogP contribution in [0.3, 0.4) is 0 Å². The quantitative estimate of drug-likeness (QED) is 0.344. The minimum atomic E-state index is -1.71. The molecule has 0 saturated carbocycles. The van der Waals surface area contributed by atoms with Crippen LogP contribution in [0.15, 0.2) is 30.3 Å². The fraction of sp³-hybridized carbons (Fsp3) is 0.714. The molecule has 4 heteroatoms. The van der Waals surface area contributed by atoms with Crippen LogP contribution in [-0.2, 0) is 9.47 Å². The molecule has 1 N–H and O–H groups in total. The smallest absolute Gasteiger partial charge is 0.319 e. The molecule has 0 bridgehead atoms. The van der Waals surface area contributed by atoms with Gasteiger partial charge in [0.15, 0.2) is 6.10 Å². The maximum atomic E-state index is 10.8. The molecule has 4 nitrogen and oxygen atoms in total. The fourth-order valence-electron chi connectivity index (χ4n) is 2.91. The second kappa shape index (κ2) is 13.2. The number of rotatable bonds is 15. The summed E-state index contributed by atoms with van der Waals surface area (Å²) < 4.78 is 17.1. The zero-order valence-corrected chi connectivity index (χ0v) is 16.2. The molecule has 0 heterocycles. The van der Waals surface area contributed by atoms with Gasteiger partial charge in [-0.25, -0.2) is 0 Å². The maximum Gasteiger partial charge on any atom is 0.319 e. The van der Waals surface area contributed by atoms with Crippen LogP contribution in [0, 0.1) is 0 Å². The van der Waals surface area contributed by atoms with Crippen molar-refractivity contribution in [1.29, 1.82) is 0 Å². The molecular weight excluding hydrogens is 316 g/mol. The first-order valence-electron chi connectivity index (χ1n) is 9.88. The summed E-state index contributed by atoms with van der Waals surface area (Å²) in [6.45, 7) is 6.65. The number of para-hydroxylation sites is 1. The Balaban J connectivity index is 2.60. The van der Waals surface area contributed by atoms with Crippen LogP contribution in [0.25, 0.3) is 0 Å². The van der Waals surface area contributed by atoms with E-state index in [0.29, 0.717) is 25.4 Å². The minimum absolute atomic E-state index is 0.363. The molecule has 0 radical (unpaired) electrons. The largest absolute Gasteiger partial charge is 0.482 e. The Hall–Kier alpha value is -1.10. The molecule has 25 heavy (non-hydrogen) atoms. The van der Waals surface area contributed by atoms with Crippen molar-refractivity contribution in [2.75, 3.05) is 13.2 Å². The third kappa shape index (κ3) is 8.70. The van der Waals surface area contributed by atoms with Gasteiger partial charge in [-0.3, -0.25) is 0 Å². The number of unbranched alkanes of at least 4 members (excludes halogenated alkanes) is 6. The second-order valence-corrected chi connectivity index (χ2v) is 6.33. The number of aliphatic hydroxyl groups is 1. The summed E-state index contributed by atoms with van der Waals surface area (Å²) in [6.07, 6.45) is 8.64. The van der Waals surface area contributed by atoms with Crippen molar-refractivity contribution >= 4 is 0 Å². The molecule has 0 saturated heterocycles. The lowest BCUT2D eigenvalue weighted by atomic mass is 10.0. The van der Waals surface area contributed by atoms with Gasteiger partial charge in [-0.15, -0.1) is 0 Å². The molecule has 0 aliphatic heterocycles. The highest BCUT2D eigenvalue weighted by Gasteiger charge is 2.40. The van der Waals surface area contributed by atoms with Crippen molar-refractivity contribution in [3.8, 4) is 5.75 Å². The summed E-state index contributed by atoms with van der Waals surface area (Å²) in [5.74, 6) is -0.991. The molecule has 1 aromatic rings. The number of hydrogen-bond acceptors (Lipinski definition) is 4. The monoisotopic (exact) mass is 352 g/mol. The third-order valence-corrected chi connectivity index (χ3v) is 4.20. The van der Waals surface area contributed by atoms with E-state index in [1.165, 1.54) is 32.1 Å². The van der Waals surface area contributed by atoms with Crippen LogP contribution in [-0.4, -0.2) is 30.4 Å². The molecule has 1 unspecified atom stereocenters. The fourth-order valence-corrected chi connectivity index (χ4v) is 2.91. The third-order valence-electron chi connectivity index (χ3n) is 4.20. The van der Waals surface area contributed by atoms with Crippen molar-refractivity contribution in [3.05, 3.63) is 30.3 Å². The Kier molecular flexibility index (Phi) is 11.5. The molecule has 1 rings (SSSR count). The van der Waals surface area contributed by atoms with Gasteiger partial charge in [0.05, 0.1) is 0 Å². The van der Waals surface area contributed by atoms with Gasteiger partial charge >= 0.3 is 5.97 Å². The summed E-state index contributed by atoms with van der Waals surface area (Å²) in [5, 5.41) is 10.8. The lowest BCUT2D eigenvalue weighted by Gasteiger charge is -2.34. The van der Waals surface area contributed by atoms with E-state index in [0.717, 1.165) is 12.8 Å². The average molecular weight is 353 g/mol. The lowest BCUT2D eigenvalue weighted by molar-refractivity contribution is -0.389. The Bertz CT molecular complexity index is 415. The maximum absolute atomic E-state index is 10.8. The number of benzene rings is 1. The second-order valence-electron chi connectivity index (χ2n) is 6.33. The van der Waals surface area contributed by atoms with Crippen molar-refractivity contribution in [3.63, 3.8) is 0 Å². The molecule has 0 fully saturated rings. The Morgan fingerprint density at radius 1 is 0.840 bits per heavy atom. The Morgan fingerprint density at radius 3 is 1.96 bits per heavy atom. The molecule has 1 atom stereocenters. The van der Waals surface area contributed by atoms with Crippen LogP contribution >= 0.6 is 0 Å². The summed E-state index contributed by atoms with van der Waals surface area (Å²) >= 11 is 0. The predicted molar refractivity (Wildman–Crippen MR) is 102 cm³/mol. The number of hydrogen-bond donors (Lipinski definition) is 1. The van der Waals surface area contributed by atoms with E-state index in [1.807, 2.05) is 44.2 Å². The molecule has 0 amide bonds. The molecular formula is C21H36O4. The summed E-state index contributed by atoms with van der Waals surface area (Å²) in [6, 6.07) is 9.54. The number of ether oxygens (including phenoxy) is 3. The van der Waals surface area contributed by atoms with Gasteiger partial charge in [-0.1, -0.05) is 63.6 Å². The summed E-state index contributed by atoms with van der Waals surface area (Å²) in [7, 11) is 0. The zero-order chi connectivity index (χ0) is 18.4. The molecule has 0 aliphatic carbocycles. The molecule has 0 aliphatic rings. The van der Waals surface area contributed by atoms with Gasteiger partial charge in [0, 0.05) is 13.2 Å². The van der Waals surface area contributed by atoms with Crippen molar-refractivity contribution in [1.82, 2.24) is 0 Å². The van der Waals surface area contributed by atoms with Gasteiger partial charge in [0.1, 0.15) is 5.75 Å². The average Bonchev–Trinajstić information content (AvgIpc) is 2.61. The van der Waals surface area contributed by atoms with Crippen molar-refractivity contribution in [2.45, 2.75) is 84.2 Å². The first-order valence-corrected chi connectivity index (χ1v) is 9.88. The van der Waals surface area contributed by atoms with E-state index in [-0.39, 0.29) is 0 Å². The van der Waals surface area contributed by atoms with E-state index >= 15 is 0 Å². The first-order chi connectivity index (χ1) is 12.2.